The zero-order valence-corrected chi connectivity index (χ0v) is 21.8. The molecule has 0 unspecified atom stereocenters. The molecule has 1 rings (SSSR count). The number of aryl methyl sites for hydroxylation is 2. The molecule has 0 N–H and O–H groups in total. The Hall–Kier alpha value is -0.790. The van der Waals surface area contributed by atoms with Gasteiger partial charge in [0, 0.05) is 6.42 Å². The molecule has 0 radical (unpaired) electrons. The van der Waals surface area contributed by atoms with Crippen molar-refractivity contribution >= 4 is 0 Å². The molecule has 1 aromatic heterocycles. The third-order valence-corrected chi connectivity index (χ3v) is 6.85. The summed E-state index contributed by atoms with van der Waals surface area (Å²) in [6, 6.07) is 0. The first kappa shape index (κ1) is 28.2. The molecule has 0 aliphatic carbocycles. The Morgan fingerprint density at radius 1 is 0.548 bits per heavy atom. The van der Waals surface area contributed by atoms with E-state index in [1.165, 1.54) is 148 Å². The highest BCUT2D eigenvalue weighted by Crippen LogP contribution is 2.13. The molecular weight excluding hydrogens is 376 g/mol. The quantitative estimate of drug-likeness (QED) is 0.120. The molecule has 0 aliphatic heterocycles. The minimum absolute atomic E-state index is 1.22. The Kier molecular flexibility index (Phi) is 19.2. The summed E-state index contributed by atoms with van der Waals surface area (Å²) in [5.74, 6) is 1.59. The van der Waals surface area contributed by atoms with E-state index in [-0.39, 0.29) is 0 Å². The summed E-state index contributed by atoms with van der Waals surface area (Å²) < 4.78 is 5.15. The maximum absolute atomic E-state index is 2.58. The van der Waals surface area contributed by atoms with Crippen molar-refractivity contribution < 1.29 is 4.57 Å². The van der Waals surface area contributed by atoms with Crippen LogP contribution in [0.5, 0.6) is 0 Å². The summed E-state index contributed by atoms with van der Waals surface area (Å²) >= 11 is 0. The van der Waals surface area contributed by atoms with E-state index >= 15 is 0 Å². The topological polar surface area (TPSA) is 8.81 Å². The lowest BCUT2D eigenvalue weighted by atomic mass is 10.1. The highest BCUT2D eigenvalue weighted by molar-refractivity contribution is 4.84. The molecule has 31 heavy (non-hydrogen) atoms. The van der Waals surface area contributed by atoms with Gasteiger partial charge in [0.2, 0.25) is 0 Å². The molecular formula is C29H57N2+. The minimum Gasteiger partial charge on any atom is -0.234 e. The Morgan fingerprint density at radius 3 is 1.55 bits per heavy atom. The first-order valence-corrected chi connectivity index (χ1v) is 14.4. The van der Waals surface area contributed by atoms with Gasteiger partial charge in [0.1, 0.15) is 12.4 Å². The van der Waals surface area contributed by atoms with Gasteiger partial charge in [0.15, 0.2) is 0 Å². The van der Waals surface area contributed by atoms with Crippen molar-refractivity contribution in [3.05, 3.63) is 18.2 Å². The highest BCUT2D eigenvalue weighted by Gasteiger charge is 2.16. The minimum atomic E-state index is 1.22. The van der Waals surface area contributed by atoms with Crippen LogP contribution in [-0.4, -0.2) is 4.57 Å². The van der Waals surface area contributed by atoms with Crippen LogP contribution >= 0.6 is 0 Å². The predicted molar refractivity (Wildman–Crippen MR) is 138 cm³/mol. The molecule has 0 aromatic carbocycles. The van der Waals surface area contributed by atoms with Crippen molar-refractivity contribution in [3.8, 4) is 0 Å². The van der Waals surface area contributed by atoms with Gasteiger partial charge in [-0.2, -0.15) is 0 Å². The predicted octanol–water partition coefficient (Wildman–Crippen LogP) is 9.18. The summed E-state index contributed by atoms with van der Waals surface area (Å²) in [4.78, 5) is 0. The van der Waals surface area contributed by atoms with Gasteiger partial charge in [-0.15, -0.1) is 0 Å². The third-order valence-electron chi connectivity index (χ3n) is 6.85. The highest BCUT2D eigenvalue weighted by atomic mass is 15.1. The van der Waals surface area contributed by atoms with Crippen LogP contribution in [0.1, 0.15) is 155 Å². The molecule has 0 aliphatic rings. The van der Waals surface area contributed by atoms with Crippen LogP contribution in [0, 0.1) is 0 Å². The van der Waals surface area contributed by atoms with E-state index in [9.17, 15) is 0 Å². The monoisotopic (exact) mass is 433 g/mol. The van der Waals surface area contributed by atoms with E-state index < -0.39 is 0 Å². The second kappa shape index (κ2) is 21.1. The normalized spacial score (nSPS) is 11.5. The van der Waals surface area contributed by atoms with Gasteiger partial charge in [0.05, 0.1) is 13.1 Å². The van der Waals surface area contributed by atoms with Crippen LogP contribution in [0.4, 0.5) is 0 Å². The van der Waals surface area contributed by atoms with Gasteiger partial charge in [-0.25, -0.2) is 9.13 Å². The Bertz CT molecular complexity index is 491. The fourth-order valence-electron chi connectivity index (χ4n) is 4.73. The molecule has 2 heteroatoms. The Balaban J connectivity index is 2.21. The van der Waals surface area contributed by atoms with Gasteiger partial charge in [0.25, 0.3) is 5.82 Å². The molecule has 182 valence electrons. The van der Waals surface area contributed by atoms with Crippen molar-refractivity contribution in [2.24, 2.45) is 0 Å². The maximum Gasteiger partial charge on any atom is 0.256 e. The second-order valence-electron chi connectivity index (χ2n) is 9.86. The van der Waals surface area contributed by atoms with E-state index in [4.69, 9.17) is 0 Å². The second-order valence-corrected chi connectivity index (χ2v) is 9.86. The van der Waals surface area contributed by atoms with Crippen molar-refractivity contribution in [3.63, 3.8) is 0 Å². The number of hydrogen-bond acceptors (Lipinski definition) is 0. The van der Waals surface area contributed by atoms with Gasteiger partial charge < -0.3 is 0 Å². The zero-order chi connectivity index (χ0) is 22.4. The zero-order valence-electron chi connectivity index (χ0n) is 21.8. The van der Waals surface area contributed by atoms with Crippen LogP contribution in [0.15, 0.2) is 12.4 Å². The summed E-state index contributed by atoms with van der Waals surface area (Å²) in [5.41, 5.74) is 0. The van der Waals surface area contributed by atoms with Crippen LogP contribution < -0.4 is 4.57 Å². The van der Waals surface area contributed by atoms with E-state index in [0.29, 0.717) is 0 Å². The average molecular weight is 434 g/mol. The largest absolute Gasteiger partial charge is 0.256 e. The molecule has 2 nitrogen and oxygen atoms in total. The maximum atomic E-state index is 2.58. The molecule has 1 aromatic rings. The lowest BCUT2D eigenvalue weighted by Crippen LogP contribution is -2.37. The number of aromatic nitrogens is 2. The van der Waals surface area contributed by atoms with Crippen molar-refractivity contribution in [2.45, 2.75) is 169 Å². The number of unbranched alkanes of at least 4 members (excludes halogenated alkanes) is 17. The van der Waals surface area contributed by atoms with Crippen LogP contribution in [-0.2, 0) is 19.5 Å². The molecule has 0 amide bonds. The number of imidazole rings is 1. The van der Waals surface area contributed by atoms with E-state index in [2.05, 4.69) is 42.3 Å². The molecule has 0 fully saturated rings. The first-order chi connectivity index (χ1) is 15.3. The molecule has 0 saturated carbocycles. The molecule has 0 spiro atoms. The van der Waals surface area contributed by atoms with Crippen LogP contribution in [0.25, 0.3) is 0 Å². The average Bonchev–Trinajstić information content (AvgIpc) is 3.16. The third kappa shape index (κ3) is 14.8. The van der Waals surface area contributed by atoms with Gasteiger partial charge in [-0.1, -0.05) is 117 Å². The van der Waals surface area contributed by atoms with Crippen LogP contribution in [0.2, 0.25) is 0 Å². The van der Waals surface area contributed by atoms with Gasteiger partial charge >= 0.3 is 0 Å². The molecule has 0 bridgehead atoms. The first-order valence-electron chi connectivity index (χ1n) is 14.4. The van der Waals surface area contributed by atoms with Crippen molar-refractivity contribution in [1.29, 1.82) is 0 Å². The standard InChI is InChI=1S/C29H57N2/c1-4-7-10-12-13-14-15-16-17-18-20-23-26-31-28-27-30(25-22-19-11-8-5-2)29(31)24-21-9-6-3/h27-28H,4-26H2,1-3H3/q+1. The van der Waals surface area contributed by atoms with Crippen molar-refractivity contribution in [2.75, 3.05) is 0 Å². The van der Waals surface area contributed by atoms with Gasteiger partial charge in [-0.3, -0.25) is 0 Å². The molecule has 1 heterocycles. The van der Waals surface area contributed by atoms with E-state index in [0.717, 1.165) is 0 Å². The van der Waals surface area contributed by atoms with E-state index in [1.54, 1.807) is 5.82 Å². The van der Waals surface area contributed by atoms with Crippen molar-refractivity contribution in [1.82, 2.24) is 4.57 Å². The molecule has 0 saturated heterocycles. The molecule has 0 atom stereocenters. The fraction of sp³-hybridized carbons (Fsp3) is 0.897. The lowest BCUT2D eigenvalue weighted by Gasteiger charge is -2.06. The van der Waals surface area contributed by atoms with Crippen LogP contribution in [0.3, 0.4) is 0 Å². The fourth-order valence-corrected chi connectivity index (χ4v) is 4.73. The van der Waals surface area contributed by atoms with E-state index in [1.807, 2.05) is 0 Å². The smallest absolute Gasteiger partial charge is 0.234 e. The Morgan fingerprint density at radius 2 is 1.00 bits per heavy atom. The van der Waals surface area contributed by atoms with Gasteiger partial charge in [-0.05, 0) is 32.1 Å². The summed E-state index contributed by atoms with van der Waals surface area (Å²) in [7, 11) is 0. The lowest BCUT2D eigenvalue weighted by molar-refractivity contribution is -0.704. The Labute approximate surface area is 196 Å². The number of hydrogen-bond donors (Lipinski definition) is 0. The summed E-state index contributed by atoms with van der Waals surface area (Å²) in [6.45, 7) is 9.36. The summed E-state index contributed by atoms with van der Waals surface area (Å²) in [5, 5.41) is 0. The number of nitrogens with zero attached hydrogens (tertiary/aromatic N) is 2. The SMILES string of the molecule is CCCCCCCCCCCCCC[n+]1ccn(CCCCCCC)c1CCCCC. The summed E-state index contributed by atoms with van der Waals surface area (Å²) in [6.07, 6.45) is 34.1. The number of rotatable bonds is 23.